The third kappa shape index (κ3) is 3.37. The van der Waals surface area contributed by atoms with Crippen LogP contribution < -0.4 is 0 Å². The maximum Gasteiger partial charge on any atom is 0.193 e. The summed E-state index contributed by atoms with van der Waals surface area (Å²) in [5.74, 6) is 0.0185. The second-order valence-electron chi connectivity index (χ2n) is 5.26. The van der Waals surface area contributed by atoms with Crippen LogP contribution in [0.5, 0.6) is 0 Å². The number of aromatic nitrogens is 1. The first-order valence-electron chi connectivity index (χ1n) is 5.94. The molecular weight excluding hydrogens is 214 g/mol. The third-order valence-corrected chi connectivity index (χ3v) is 2.66. The highest BCUT2D eigenvalue weighted by molar-refractivity contribution is 6.00. The standard InChI is InChI=1S/C14H21NO2/c1-6-17-13(14(3,4)5)12(16)11-9-15-8-7-10(11)2/h7-9,13H,6H2,1-5H3. The van der Waals surface area contributed by atoms with Crippen molar-refractivity contribution in [3.05, 3.63) is 29.6 Å². The average molecular weight is 235 g/mol. The van der Waals surface area contributed by atoms with E-state index in [0.29, 0.717) is 12.2 Å². The summed E-state index contributed by atoms with van der Waals surface area (Å²) in [4.78, 5) is 16.5. The number of aryl methyl sites for hydroxylation is 1. The molecule has 1 unspecified atom stereocenters. The Labute approximate surface area is 103 Å². The lowest BCUT2D eigenvalue weighted by atomic mass is 9.84. The number of Topliss-reactive ketones (excluding diaryl/α,β-unsaturated/α-hetero) is 1. The first-order chi connectivity index (χ1) is 7.88. The third-order valence-electron chi connectivity index (χ3n) is 2.66. The molecule has 0 bridgehead atoms. The summed E-state index contributed by atoms with van der Waals surface area (Å²) in [7, 11) is 0. The van der Waals surface area contributed by atoms with E-state index in [9.17, 15) is 4.79 Å². The Balaban J connectivity index is 3.05. The van der Waals surface area contributed by atoms with E-state index in [1.807, 2.05) is 40.7 Å². The van der Waals surface area contributed by atoms with Gasteiger partial charge >= 0.3 is 0 Å². The smallest absolute Gasteiger partial charge is 0.193 e. The van der Waals surface area contributed by atoms with E-state index in [4.69, 9.17) is 4.74 Å². The van der Waals surface area contributed by atoms with Crippen LogP contribution in [0.15, 0.2) is 18.5 Å². The summed E-state index contributed by atoms with van der Waals surface area (Å²) in [6.45, 7) is 10.4. The quantitative estimate of drug-likeness (QED) is 0.753. The normalized spacial score (nSPS) is 13.5. The molecule has 0 amide bonds. The van der Waals surface area contributed by atoms with Crippen molar-refractivity contribution in [3.63, 3.8) is 0 Å². The molecule has 1 aromatic heterocycles. The van der Waals surface area contributed by atoms with Crippen LogP contribution in [-0.4, -0.2) is 23.5 Å². The van der Waals surface area contributed by atoms with E-state index < -0.39 is 6.10 Å². The highest BCUT2D eigenvalue weighted by Gasteiger charge is 2.33. The zero-order chi connectivity index (χ0) is 13.1. The Morgan fingerprint density at radius 3 is 2.59 bits per heavy atom. The van der Waals surface area contributed by atoms with Crippen molar-refractivity contribution in [2.75, 3.05) is 6.61 Å². The van der Waals surface area contributed by atoms with Gasteiger partial charge in [0.2, 0.25) is 0 Å². The highest BCUT2D eigenvalue weighted by atomic mass is 16.5. The second-order valence-corrected chi connectivity index (χ2v) is 5.26. The van der Waals surface area contributed by atoms with Gasteiger partial charge in [-0.05, 0) is 30.9 Å². The first-order valence-corrected chi connectivity index (χ1v) is 5.94. The van der Waals surface area contributed by atoms with Gasteiger partial charge in [-0.25, -0.2) is 0 Å². The van der Waals surface area contributed by atoms with Gasteiger partial charge in [-0.15, -0.1) is 0 Å². The van der Waals surface area contributed by atoms with E-state index in [1.54, 1.807) is 12.4 Å². The topological polar surface area (TPSA) is 39.2 Å². The van der Waals surface area contributed by atoms with Gasteiger partial charge in [0.1, 0.15) is 6.10 Å². The fourth-order valence-electron chi connectivity index (χ4n) is 1.75. The van der Waals surface area contributed by atoms with E-state index in [2.05, 4.69) is 4.98 Å². The Morgan fingerprint density at radius 1 is 1.47 bits per heavy atom. The summed E-state index contributed by atoms with van der Waals surface area (Å²) in [5, 5.41) is 0. The summed E-state index contributed by atoms with van der Waals surface area (Å²) < 4.78 is 5.60. The van der Waals surface area contributed by atoms with Crippen molar-refractivity contribution < 1.29 is 9.53 Å². The zero-order valence-electron chi connectivity index (χ0n) is 11.3. The van der Waals surface area contributed by atoms with Gasteiger partial charge in [-0.1, -0.05) is 20.8 Å². The molecule has 17 heavy (non-hydrogen) atoms. The van der Waals surface area contributed by atoms with Crippen LogP contribution in [0.4, 0.5) is 0 Å². The highest BCUT2D eigenvalue weighted by Crippen LogP contribution is 2.26. The lowest BCUT2D eigenvalue weighted by Gasteiger charge is -2.29. The fraction of sp³-hybridized carbons (Fsp3) is 0.571. The molecule has 0 aliphatic heterocycles. The van der Waals surface area contributed by atoms with Crippen LogP contribution in [-0.2, 0) is 4.74 Å². The molecule has 1 heterocycles. The SMILES string of the molecule is CCOC(C(=O)c1cnccc1C)C(C)(C)C. The molecule has 0 spiro atoms. The number of hydrogen-bond acceptors (Lipinski definition) is 3. The van der Waals surface area contributed by atoms with Crippen molar-refractivity contribution in [3.8, 4) is 0 Å². The summed E-state index contributed by atoms with van der Waals surface area (Å²) in [6.07, 6.45) is 2.89. The Bertz CT molecular complexity index is 393. The van der Waals surface area contributed by atoms with Crippen LogP contribution in [0.3, 0.4) is 0 Å². The monoisotopic (exact) mass is 235 g/mol. The molecule has 0 N–H and O–H groups in total. The Hall–Kier alpha value is -1.22. The summed E-state index contributed by atoms with van der Waals surface area (Å²) in [6, 6.07) is 1.85. The van der Waals surface area contributed by atoms with Gasteiger partial charge in [0.25, 0.3) is 0 Å². The second kappa shape index (κ2) is 5.41. The molecule has 0 saturated heterocycles. The van der Waals surface area contributed by atoms with Crippen molar-refractivity contribution in [1.29, 1.82) is 0 Å². The number of pyridine rings is 1. The fourth-order valence-corrected chi connectivity index (χ4v) is 1.75. The van der Waals surface area contributed by atoms with Gasteiger partial charge in [0.15, 0.2) is 5.78 Å². The van der Waals surface area contributed by atoms with Gasteiger partial charge in [-0.2, -0.15) is 0 Å². The molecule has 0 fully saturated rings. The van der Waals surface area contributed by atoms with Gasteiger partial charge in [0, 0.05) is 24.6 Å². The number of nitrogens with zero attached hydrogens (tertiary/aromatic N) is 1. The lowest BCUT2D eigenvalue weighted by molar-refractivity contribution is -0.000289. The van der Waals surface area contributed by atoms with Gasteiger partial charge < -0.3 is 4.74 Å². The number of ketones is 1. The van der Waals surface area contributed by atoms with Crippen molar-refractivity contribution in [2.24, 2.45) is 5.41 Å². The van der Waals surface area contributed by atoms with E-state index >= 15 is 0 Å². The summed E-state index contributed by atoms with van der Waals surface area (Å²) in [5.41, 5.74) is 1.38. The number of ether oxygens (including phenoxy) is 1. The predicted molar refractivity (Wildman–Crippen MR) is 68.2 cm³/mol. The number of rotatable bonds is 4. The van der Waals surface area contributed by atoms with E-state index in [-0.39, 0.29) is 11.2 Å². The van der Waals surface area contributed by atoms with Crippen LogP contribution in [0.2, 0.25) is 0 Å². The molecule has 0 saturated carbocycles. The minimum atomic E-state index is -0.421. The maximum absolute atomic E-state index is 12.4. The van der Waals surface area contributed by atoms with Crippen LogP contribution in [0, 0.1) is 12.3 Å². The molecule has 1 aromatic rings. The van der Waals surface area contributed by atoms with Gasteiger partial charge in [0.05, 0.1) is 0 Å². The van der Waals surface area contributed by atoms with Crippen LogP contribution >= 0.6 is 0 Å². The molecule has 0 aliphatic carbocycles. The Morgan fingerprint density at radius 2 is 2.12 bits per heavy atom. The Kier molecular flexibility index (Phi) is 4.40. The van der Waals surface area contributed by atoms with Crippen molar-refractivity contribution >= 4 is 5.78 Å². The zero-order valence-corrected chi connectivity index (χ0v) is 11.3. The molecule has 94 valence electrons. The van der Waals surface area contributed by atoms with E-state index in [1.165, 1.54) is 0 Å². The molecule has 0 aromatic carbocycles. The predicted octanol–water partition coefficient (Wildman–Crippen LogP) is 3.02. The van der Waals surface area contributed by atoms with Crippen molar-refractivity contribution in [1.82, 2.24) is 4.98 Å². The molecule has 1 rings (SSSR count). The number of hydrogen-bond donors (Lipinski definition) is 0. The van der Waals surface area contributed by atoms with Crippen molar-refractivity contribution in [2.45, 2.75) is 40.7 Å². The summed E-state index contributed by atoms with van der Waals surface area (Å²) >= 11 is 0. The molecule has 3 nitrogen and oxygen atoms in total. The average Bonchev–Trinajstić information content (AvgIpc) is 2.24. The lowest BCUT2D eigenvalue weighted by Crippen LogP contribution is -2.37. The number of carbonyl (C=O) groups is 1. The largest absolute Gasteiger partial charge is 0.370 e. The molecule has 0 radical (unpaired) electrons. The number of carbonyl (C=O) groups excluding carboxylic acids is 1. The molecule has 1 atom stereocenters. The maximum atomic E-state index is 12.4. The van der Waals surface area contributed by atoms with E-state index in [0.717, 1.165) is 5.56 Å². The van der Waals surface area contributed by atoms with Crippen LogP contribution in [0.25, 0.3) is 0 Å². The minimum absolute atomic E-state index is 0.0185. The molecule has 3 heteroatoms. The molecule has 0 aliphatic rings. The first kappa shape index (κ1) is 13.8. The van der Waals surface area contributed by atoms with Gasteiger partial charge in [-0.3, -0.25) is 9.78 Å². The van der Waals surface area contributed by atoms with Crippen LogP contribution in [0.1, 0.15) is 43.6 Å². The minimum Gasteiger partial charge on any atom is -0.370 e. The molecular formula is C14H21NO2.